The summed E-state index contributed by atoms with van der Waals surface area (Å²) in [5.74, 6) is 4.92. The lowest BCUT2D eigenvalue weighted by Crippen LogP contribution is -2.36. The lowest BCUT2D eigenvalue weighted by atomic mass is 10.1. The Morgan fingerprint density at radius 1 is 0.548 bits per heavy atom. The van der Waals surface area contributed by atoms with Crippen LogP contribution in [0.15, 0.2) is 133 Å². The molecule has 486 valence electrons. The predicted molar refractivity (Wildman–Crippen MR) is 362 cm³/mol. The number of aryl methyl sites for hydroxylation is 2. The van der Waals surface area contributed by atoms with Crippen molar-refractivity contribution in [3.63, 3.8) is 0 Å². The zero-order chi connectivity index (χ0) is 65.1. The van der Waals surface area contributed by atoms with Crippen LogP contribution in [0.25, 0.3) is 22.8 Å². The van der Waals surface area contributed by atoms with Gasteiger partial charge in [-0.25, -0.2) is 34.9 Å². The van der Waals surface area contributed by atoms with E-state index < -0.39 is 0 Å². The van der Waals surface area contributed by atoms with E-state index in [9.17, 15) is 9.59 Å². The van der Waals surface area contributed by atoms with Gasteiger partial charge in [-0.2, -0.15) is 10.2 Å². The number of morpholine rings is 3. The molecule has 93 heavy (non-hydrogen) atoms. The van der Waals surface area contributed by atoms with Crippen molar-refractivity contribution in [2.24, 2.45) is 25.9 Å². The number of nitrogens with one attached hydrogen (secondary N) is 4. The second-order valence-electron chi connectivity index (χ2n) is 21.9. The Morgan fingerprint density at radius 3 is 1.43 bits per heavy atom. The van der Waals surface area contributed by atoms with Crippen LogP contribution >= 0.6 is 27.5 Å². The first kappa shape index (κ1) is 66.5. The number of methoxy groups -OCH3 is 2. The number of para-hydroxylation sites is 2. The summed E-state index contributed by atoms with van der Waals surface area (Å²) in [5, 5.41) is 22.2. The van der Waals surface area contributed by atoms with Crippen LogP contribution in [0.3, 0.4) is 0 Å². The highest BCUT2D eigenvalue weighted by atomic mass is 79.9. The largest absolute Gasteiger partial charge is 0.494 e. The van der Waals surface area contributed by atoms with Crippen LogP contribution in [0.5, 0.6) is 11.5 Å². The summed E-state index contributed by atoms with van der Waals surface area (Å²) in [4.78, 5) is 59.9. The fourth-order valence-electron chi connectivity index (χ4n) is 9.87. The molecule has 26 nitrogen and oxygen atoms in total. The first-order chi connectivity index (χ1) is 45.3. The number of ketones is 2. The van der Waals surface area contributed by atoms with E-state index in [0.29, 0.717) is 85.4 Å². The van der Waals surface area contributed by atoms with Crippen molar-refractivity contribution < 1.29 is 33.3 Å². The molecule has 10 heterocycles. The second kappa shape index (κ2) is 32.8. The molecule has 7 aromatic heterocycles. The van der Waals surface area contributed by atoms with E-state index in [1.165, 1.54) is 6.20 Å². The van der Waals surface area contributed by atoms with Gasteiger partial charge in [-0.1, -0.05) is 23.7 Å². The molecule has 3 aliphatic heterocycles. The molecule has 9 aromatic rings. The summed E-state index contributed by atoms with van der Waals surface area (Å²) in [5.41, 5.74) is 18.2. The molecule has 14 rings (SSSR count). The van der Waals surface area contributed by atoms with Crippen LogP contribution < -0.4 is 52.0 Å². The Labute approximate surface area is 552 Å². The van der Waals surface area contributed by atoms with Gasteiger partial charge in [0.2, 0.25) is 0 Å². The monoisotopic (exact) mass is 1350 g/mol. The van der Waals surface area contributed by atoms with Gasteiger partial charge in [0, 0.05) is 94.3 Å². The van der Waals surface area contributed by atoms with Crippen LogP contribution in [0.1, 0.15) is 46.4 Å². The molecule has 0 unspecified atom stereocenters. The number of pyridine rings is 5. The number of carbonyl (C=O) groups is 2. The number of nitrogens with two attached hydrogens (primary N) is 2. The number of aromatic nitrogens is 11. The molecule has 8 N–H and O–H groups in total. The average molecular weight is 1350 g/mol. The summed E-state index contributed by atoms with van der Waals surface area (Å²) in [6, 6.07) is 26.2. The zero-order valence-electron chi connectivity index (χ0n) is 52.2. The maximum absolute atomic E-state index is 13.1. The van der Waals surface area contributed by atoms with E-state index in [1.807, 2.05) is 86.0 Å². The molecule has 2 aromatic carbocycles. The lowest BCUT2D eigenvalue weighted by Gasteiger charge is -2.28. The third-order valence-corrected chi connectivity index (χ3v) is 15.7. The first-order valence-electron chi connectivity index (χ1n) is 30.4. The molecule has 3 saturated heterocycles. The highest BCUT2D eigenvalue weighted by Gasteiger charge is 2.34. The topological polar surface area (TPSA) is 313 Å². The van der Waals surface area contributed by atoms with E-state index in [2.05, 4.69) is 92.1 Å². The van der Waals surface area contributed by atoms with Crippen molar-refractivity contribution in [3.8, 4) is 34.3 Å². The number of halogens is 2. The number of rotatable bonds is 16. The van der Waals surface area contributed by atoms with Crippen molar-refractivity contribution in [1.82, 2.24) is 59.8 Å². The third kappa shape index (κ3) is 18.9. The van der Waals surface area contributed by atoms with Gasteiger partial charge >= 0.3 is 0 Å². The third-order valence-electron chi connectivity index (χ3n) is 15.0. The van der Waals surface area contributed by atoms with Gasteiger partial charge < -0.3 is 66.2 Å². The number of hydrogen-bond acceptors (Lipinski definition) is 24. The summed E-state index contributed by atoms with van der Waals surface area (Å²) in [6.07, 6.45) is 15.4. The number of anilines is 10. The Morgan fingerprint density at radius 2 is 1.02 bits per heavy atom. The molecular weight excluding hydrogens is 1270 g/mol. The van der Waals surface area contributed by atoms with Gasteiger partial charge in [0.05, 0.1) is 123 Å². The summed E-state index contributed by atoms with van der Waals surface area (Å²) in [7, 11) is 6.81. The Balaban J connectivity index is 0.000000149. The smallest absolute Gasteiger partial charge is 0.184 e. The number of hydrogen-bond donors (Lipinski definition) is 6. The minimum Gasteiger partial charge on any atom is -0.494 e. The molecule has 2 aliphatic carbocycles. The first-order valence-corrected chi connectivity index (χ1v) is 31.6. The molecule has 5 aliphatic rings. The number of ether oxygens (including phenoxy) is 5. The van der Waals surface area contributed by atoms with Gasteiger partial charge in [0.15, 0.2) is 34.7 Å². The molecule has 0 radical (unpaired) electrons. The Bertz CT molecular complexity index is 3860. The van der Waals surface area contributed by atoms with Crippen molar-refractivity contribution in [1.29, 1.82) is 0 Å². The van der Waals surface area contributed by atoms with E-state index >= 15 is 0 Å². The maximum Gasteiger partial charge on any atom is 0.184 e. The number of Topliss-reactive ketones (excluding diaryl/α,β-unsaturated/α-hetero) is 2. The summed E-state index contributed by atoms with van der Waals surface area (Å²) in [6.45, 7) is 10.4. The van der Waals surface area contributed by atoms with Crippen LogP contribution in [0.2, 0.25) is 5.15 Å². The van der Waals surface area contributed by atoms with Crippen LogP contribution in [-0.4, -0.2) is 159 Å². The minimum atomic E-state index is 0.0477. The average Bonchev–Trinajstić information content (AvgIpc) is 1.91. The molecular formula is C65H75BrClN19O7. The van der Waals surface area contributed by atoms with Gasteiger partial charge in [-0.05, 0) is 108 Å². The van der Waals surface area contributed by atoms with Gasteiger partial charge in [-0.15, -0.1) is 0 Å². The SMILES string of the molecule is C1COCCN1.COc1c(Nc2cc(Cl)ncc2C(=O)C2CC2)cccc1-c1ncn(C)n1.COc1c(Nc2cc(Nc3ccc(N4CCOCC4)cn3)ncc2C(=O)C2CC2)cccc1-c1ncn(C)n1.Nc1ccc(Br)cn1.Nc1ccc(N2CCOCC2)cn1. The fraction of sp³-hybridized carbons (Fsp3) is 0.338. The van der Waals surface area contributed by atoms with Crippen LogP contribution in [0, 0.1) is 11.8 Å². The Hall–Kier alpha value is -9.38. The zero-order valence-corrected chi connectivity index (χ0v) is 54.5. The van der Waals surface area contributed by atoms with E-state index in [4.69, 9.17) is 46.8 Å². The van der Waals surface area contributed by atoms with Crippen molar-refractivity contribution in [3.05, 3.63) is 149 Å². The number of nitrogens with zero attached hydrogens (tertiary/aromatic N) is 13. The van der Waals surface area contributed by atoms with E-state index in [0.717, 1.165) is 132 Å². The van der Waals surface area contributed by atoms with Gasteiger partial charge in [0.1, 0.15) is 41.1 Å². The molecule has 0 spiro atoms. The molecule has 28 heteroatoms. The molecule has 0 bridgehead atoms. The van der Waals surface area contributed by atoms with E-state index in [1.54, 1.807) is 74.0 Å². The maximum atomic E-state index is 13.1. The number of nitrogen functional groups attached to an aromatic ring is 2. The van der Waals surface area contributed by atoms with Gasteiger partial charge in [0.25, 0.3) is 0 Å². The normalized spacial score (nSPS) is 15.0. The molecule has 0 amide bonds. The van der Waals surface area contributed by atoms with Crippen molar-refractivity contribution in [2.75, 3.05) is 130 Å². The Kier molecular flexibility index (Phi) is 23.4. The number of carbonyl (C=O) groups excluding carboxylic acids is 2. The highest BCUT2D eigenvalue weighted by Crippen LogP contribution is 2.42. The van der Waals surface area contributed by atoms with Crippen LogP contribution in [-0.2, 0) is 28.3 Å². The predicted octanol–water partition coefficient (Wildman–Crippen LogP) is 9.61. The molecule has 0 atom stereocenters. The summed E-state index contributed by atoms with van der Waals surface area (Å²) < 4.78 is 31.3. The fourth-order valence-corrected chi connectivity index (χ4v) is 10.3. The number of benzene rings is 2. The quantitative estimate of drug-likeness (QED) is 0.0387. The standard InChI is InChI=1S/C28H30N8O3.C19H18ClN5O2.C9H13N3O.C5H5BrN2.C4H9NO/c1-35-17-31-28(34-35)20-4-3-5-22(27(20)38-2)32-23-14-25(30-16-21(23)26(37)18-6-7-18)33-24-9-8-19(15-29-24)36-10-12-39-13-11-36;1-25-10-22-19(24-25)12-4-3-5-14(18(12)27-2)23-15-8-16(20)21-9-13(15)17(26)11-6-7-11;10-9-2-1-8(7-11-9)12-3-5-13-6-4-12;6-4-1-2-5(7)8-3-4;1-3-6-4-2-5-1/h3-5,8-9,14-18H,6-7,10-13H2,1-2H3,(H2,29,30,32,33);3-5,8-11H,6-7H2,1-2H3,(H,21,23);1-2,7H,3-6H2,(H2,10,11);1-3H,(H2,7,8);5H,1-4H2. The lowest BCUT2D eigenvalue weighted by molar-refractivity contribution is 0.0960. The molecule has 2 saturated carbocycles. The van der Waals surface area contributed by atoms with Crippen LogP contribution in [0.4, 0.5) is 57.4 Å². The van der Waals surface area contributed by atoms with E-state index in [-0.39, 0.29) is 23.4 Å². The van der Waals surface area contributed by atoms with Crippen molar-refractivity contribution >= 4 is 96.5 Å². The minimum absolute atomic E-state index is 0.0477. The molecule has 5 fully saturated rings. The highest BCUT2D eigenvalue weighted by molar-refractivity contribution is 9.10. The second-order valence-corrected chi connectivity index (χ2v) is 23.2. The summed E-state index contributed by atoms with van der Waals surface area (Å²) >= 11 is 9.30. The van der Waals surface area contributed by atoms with Crippen molar-refractivity contribution in [2.45, 2.75) is 25.7 Å². The van der Waals surface area contributed by atoms with Gasteiger partial charge in [-0.3, -0.25) is 19.0 Å².